The van der Waals surface area contributed by atoms with Crippen molar-refractivity contribution in [1.29, 1.82) is 0 Å². The molecule has 0 radical (unpaired) electrons. The zero-order valence-corrected chi connectivity index (χ0v) is 17.9. The largest absolute Gasteiger partial charge is 0.350 e. The van der Waals surface area contributed by atoms with Crippen molar-refractivity contribution in [2.24, 2.45) is 0 Å². The fourth-order valence-corrected chi connectivity index (χ4v) is 3.28. The van der Waals surface area contributed by atoms with Crippen LogP contribution in [-0.4, -0.2) is 26.6 Å². The number of nitrogens with one attached hydrogen (secondary N) is 3. The number of carbonyl (C=O) groups excluding carboxylic acids is 2. The highest BCUT2D eigenvalue weighted by Crippen LogP contribution is 2.18. The molecule has 1 heterocycles. The van der Waals surface area contributed by atoms with E-state index in [4.69, 9.17) is 12.2 Å². The van der Waals surface area contributed by atoms with E-state index in [1.165, 1.54) is 0 Å². The van der Waals surface area contributed by atoms with Crippen LogP contribution in [0, 0.1) is 11.7 Å². The summed E-state index contributed by atoms with van der Waals surface area (Å²) in [7, 11) is 0. The zero-order chi connectivity index (χ0) is 21.5. The van der Waals surface area contributed by atoms with Crippen LogP contribution >= 0.6 is 12.2 Å². The van der Waals surface area contributed by atoms with Crippen LogP contribution in [0.3, 0.4) is 0 Å². The Kier molecular flexibility index (Phi) is 7.13. The van der Waals surface area contributed by atoms with Gasteiger partial charge in [0.1, 0.15) is 6.54 Å². The highest BCUT2D eigenvalue weighted by molar-refractivity contribution is 7.71. The van der Waals surface area contributed by atoms with Gasteiger partial charge in [0.15, 0.2) is 10.6 Å². The van der Waals surface area contributed by atoms with Gasteiger partial charge in [-0.05, 0) is 49.3 Å². The minimum absolute atomic E-state index is 0.0169. The molecule has 0 aliphatic carbocycles. The molecule has 3 aromatic rings. The molecule has 0 fully saturated rings. The monoisotopic (exact) mass is 423 g/mol. The van der Waals surface area contributed by atoms with Gasteiger partial charge in [-0.3, -0.25) is 19.3 Å². The van der Waals surface area contributed by atoms with E-state index in [0.29, 0.717) is 23.6 Å². The summed E-state index contributed by atoms with van der Waals surface area (Å²) < 4.78 is 2.07. The zero-order valence-electron chi connectivity index (χ0n) is 17.1. The first-order chi connectivity index (χ1) is 14.5. The lowest BCUT2D eigenvalue weighted by Gasteiger charge is -2.10. The Morgan fingerprint density at radius 3 is 2.70 bits per heavy atom. The topological polar surface area (TPSA) is 91.8 Å². The summed E-state index contributed by atoms with van der Waals surface area (Å²) in [6.07, 6.45) is 1.28. The van der Waals surface area contributed by atoms with Gasteiger partial charge in [0.05, 0.1) is 0 Å². The lowest BCUT2D eigenvalue weighted by molar-refractivity contribution is -0.121. The number of rotatable bonds is 8. The number of aromatic nitrogens is 3. The summed E-state index contributed by atoms with van der Waals surface area (Å²) in [4.78, 5) is 24.3. The fourth-order valence-electron chi connectivity index (χ4n) is 3.08. The molecule has 3 rings (SSSR count). The number of aromatic amines is 1. The maximum absolute atomic E-state index is 12.5. The van der Waals surface area contributed by atoms with Crippen LogP contribution in [0.1, 0.15) is 30.9 Å². The molecule has 2 amide bonds. The third kappa shape index (κ3) is 5.64. The van der Waals surface area contributed by atoms with E-state index in [9.17, 15) is 9.59 Å². The Hall–Kier alpha value is -3.26. The van der Waals surface area contributed by atoms with Gasteiger partial charge in [-0.25, -0.2) is 0 Å². The second-order valence-electron chi connectivity index (χ2n) is 7.08. The number of nitrogens with zero attached hydrogens (tertiary/aromatic N) is 2. The van der Waals surface area contributed by atoms with E-state index in [1.807, 2.05) is 62.4 Å². The molecule has 0 atom stereocenters. The standard InChI is InChI=1S/C22H25N5O2S/c1-3-6-19(28)24-18-10-5-8-16(12-18)13-23-20(29)14-27-21(25-26-22(27)30)17-9-4-7-15(2)11-17/h4-5,7-12H,3,6,13-14H2,1-2H3,(H,23,29)(H,24,28)(H,26,30). The quantitative estimate of drug-likeness (QED) is 0.478. The van der Waals surface area contributed by atoms with Gasteiger partial charge in [0, 0.05) is 24.2 Å². The molecule has 0 aliphatic rings. The van der Waals surface area contributed by atoms with E-state index in [-0.39, 0.29) is 18.4 Å². The highest BCUT2D eigenvalue weighted by Gasteiger charge is 2.12. The van der Waals surface area contributed by atoms with Crippen molar-refractivity contribution >= 4 is 29.7 Å². The predicted molar refractivity (Wildman–Crippen MR) is 119 cm³/mol. The molecule has 2 aromatic carbocycles. The summed E-state index contributed by atoms with van der Waals surface area (Å²) in [5.74, 6) is 0.429. The third-order valence-electron chi connectivity index (χ3n) is 4.51. The number of benzene rings is 2. The van der Waals surface area contributed by atoms with Gasteiger partial charge in [0.2, 0.25) is 11.8 Å². The van der Waals surface area contributed by atoms with Crippen LogP contribution in [-0.2, 0) is 22.7 Å². The molecule has 0 aliphatic heterocycles. The van der Waals surface area contributed by atoms with Gasteiger partial charge in [0.25, 0.3) is 0 Å². The first-order valence-electron chi connectivity index (χ1n) is 9.84. The van der Waals surface area contributed by atoms with E-state index < -0.39 is 0 Å². The van der Waals surface area contributed by atoms with E-state index in [1.54, 1.807) is 4.57 Å². The molecule has 7 nitrogen and oxygen atoms in total. The maximum Gasteiger partial charge on any atom is 0.240 e. The third-order valence-corrected chi connectivity index (χ3v) is 4.83. The minimum Gasteiger partial charge on any atom is -0.350 e. The number of anilines is 1. The van der Waals surface area contributed by atoms with E-state index in [0.717, 1.165) is 28.8 Å². The van der Waals surface area contributed by atoms with Crippen molar-refractivity contribution in [3.05, 3.63) is 64.4 Å². The number of H-pyrrole nitrogens is 1. The van der Waals surface area contributed by atoms with Gasteiger partial charge < -0.3 is 10.6 Å². The lowest BCUT2D eigenvalue weighted by atomic mass is 10.1. The Bertz CT molecular complexity index is 1100. The molecule has 0 spiro atoms. The molecule has 0 bridgehead atoms. The number of carbonyl (C=O) groups is 2. The molecule has 30 heavy (non-hydrogen) atoms. The second-order valence-corrected chi connectivity index (χ2v) is 7.47. The Balaban J connectivity index is 1.64. The van der Waals surface area contributed by atoms with Crippen molar-refractivity contribution in [2.45, 2.75) is 39.8 Å². The first kappa shape index (κ1) is 21.4. The van der Waals surface area contributed by atoms with Gasteiger partial charge in [-0.1, -0.05) is 42.8 Å². The molecular formula is C22H25N5O2S. The van der Waals surface area contributed by atoms with Crippen LogP contribution in [0.4, 0.5) is 5.69 Å². The number of amides is 2. The van der Waals surface area contributed by atoms with Crippen LogP contribution in [0.15, 0.2) is 48.5 Å². The van der Waals surface area contributed by atoms with Gasteiger partial charge in [-0.15, -0.1) is 0 Å². The van der Waals surface area contributed by atoms with Crippen LogP contribution < -0.4 is 10.6 Å². The summed E-state index contributed by atoms with van der Waals surface area (Å²) in [5, 5.41) is 12.8. The van der Waals surface area contributed by atoms with Crippen LogP contribution in [0.25, 0.3) is 11.4 Å². The average Bonchev–Trinajstić information content (AvgIpc) is 3.07. The summed E-state index contributed by atoms with van der Waals surface area (Å²) in [5.41, 5.74) is 3.61. The number of aryl methyl sites for hydroxylation is 1. The average molecular weight is 424 g/mol. The summed E-state index contributed by atoms with van der Waals surface area (Å²) in [6.45, 7) is 4.37. The normalized spacial score (nSPS) is 10.6. The molecule has 0 saturated carbocycles. The minimum atomic E-state index is -0.179. The van der Waals surface area contributed by atoms with Crippen molar-refractivity contribution < 1.29 is 9.59 Å². The van der Waals surface area contributed by atoms with Crippen molar-refractivity contribution in [1.82, 2.24) is 20.1 Å². The fraction of sp³-hybridized carbons (Fsp3) is 0.273. The van der Waals surface area contributed by atoms with Crippen LogP contribution in [0.5, 0.6) is 0 Å². The molecule has 8 heteroatoms. The Labute approximate surface area is 180 Å². The highest BCUT2D eigenvalue weighted by atomic mass is 32.1. The second kappa shape index (κ2) is 9.98. The van der Waals surface area contributed by atoms with E-state index in [2.05, 4.69) is 20.8 Å². The number of hydrogen-bond donors (Lipinski definition) is 3. The molecular weight excluding hydrogens is 398 g/mol. The van der Waals surface area contributed by atoms with E-state index >= 15 is 0 Å². The molecule has 1 aromatic heterocycles. The molecule has 156 valence electrons. The number of hydrogen-bond acceptors (Lipinski definition) is 4. The Morgan fingerprint density at radius 1 is 1.13 bits per heavy atom. The summed E-state index contributed by atoms with van der Waals surface area (Å²) >= 11 is 5.31. The summed E-state index contributed by atoms with van der Waals surface area (Å²) in [6, 6.07) is 15.3. The lowest BCUT2D eigenvalue weighted by Crippen LogP contribution is -2.27. The van der Waals surface area contributed by atoms with Gasteiger partial charge >= 0.3 is 0 Å². The van der Waals surface area contributed by atoms with Gasteiger partial charge in [-0.2, -0.15) is 5.10 Å². The molecule has 3 N–H and O–H groups in total. The smallest absolute Gasteiger partial charge is 0.240 e. The van der Waals surface area contributed by atoms with Crippen molar-refractivity contribution in [3.8, 4) is 11.4 Å². The Morgan fingerprint density at radius 2 is 1.93 bits per heavy atom. The van der Waals surface area contributed by atoms with Crippen molar-refractivity contribution in [3.63, 3.8) is 0 Å². The predicted octanol–water partition coefficient (Wildman–Crippen LogP) is 3.97. The SMILES string of the molecule is CCCC(=O)Nc1cccc(CNC(=O)Cn2c(-c3cccc(C)c3)n[nH]c2=S)c1. The molecule has 0 saturated heterocycles. The first-order valence-corrected chi connectivity index (χ1v) is 10.2. The van der Waals surface area contributed by atoms with Crippen molar-refractivity contribution in [2.75, 3.05) is 5.32 Å². The van der Waals surface area contributed by atoms with Crippen LogP contribution in [0.2, 0.25) is 0 Å². The molecule has 0 unspecified atom stereocenters. The maximum atomic E-state index is 12.5.